The van der Waals surface area contributed by atoms with Crippen molar-refractivity contribution < 1.29 is 9.13 Å². The first kappa shape index (κ1) is 9.40. The van der Waals surface area contributed by atoms with Gasteiger partial charge in [-0.2, -0.15) is 0 Å². The molecule has 1 saturated carbocycles. The molecule has 2 rings (SSSR count). The Hall–Kier alpha value is -1.16. The minimum Gasteiger partial charge on any atom is -0.492 e. The molecule has 1 aliphatic rings. The van der Waals surface area contributed by atoms with E-state index >= 15 is 0 Å². The van der Waals surface area contributed by atoms with Crippen LogP contribution < -0.4 is 10.5 Å². The van der Waals surface area contributed by atoms with Gasteiger partial charge in [0.15, 0.2) is 0 Å². The van der Waals surface area contributed by atoms with E-state index in [2.05, 4.69) is 4.98 Å². The molecule has 2 N–H and O–H groups in total. The average Bonchev–Trinajstić information content (AvgIpc) is 2.11. The topological polar surface area (TPSA) is 48.1 Å². The van der Waals surface area contributed by atoms with E-state index < -0.39 is 0 Å². The van der Waals surface area contributed by atoms with Crippen LogP contribution in [0.4, 0.5) is 4.39 Å². The lowest BCUT2D eigenvalue weighted by Gasteiger charge is -2.31. The van der Waals surface area contributed by atoms with Gasteiger partial charge in [-0.3, -0.25) is 4.98 Å². The lowest BCUT2D eigenvalue weighted by atomic mass is 9.82. The molecule has 0 spiro atoms. The van der Waals surface area contributed by atoms with Gasteiger partial charge in [0.25, 0.3) is 0 Å². The van der Waals surface area contributed by atoms with Gasteiger partial charge >= 0.3 is 0 Å². The molecule has 0 saturated heterocycles. The third kappa shape index (κ3) is 2.20. The first-order valence-corrected chi connectivity index (χ1v) is 4.73. The van der Waals surface area contributed by atoms with E-state index in [-0.39, 0.29) is 5.82 Å². The molecular weight excluding hydrogens is 183 g/mol. The number of hydrogen-bond acceptors (Lipinski definition) is 3. The van der Waals surface area contributed by atoms with Crippen LogP contribution in [0, 0.1) is 11.7 Å². The average molecular weight is 196 g/mol. The maximum Gasteiger partial charge on any atom is 0.145 e. The van der Waals surface area contributed by atoms with Crippen molar-refractivity contribution >= 4 is 0 Å². The van der Waals surface area contributed by atoms with Crippen LogP contribution in [0.2, 0.25) is 0 Å². The van der Waals surface area contributed by atoms with Crippen LogP contribution in [0.5, 0.6) is 5.75 Å². The maximum atomic E-state index is 12.7. The van der Waals surface area contributed by atoms with Gasteiger partial charge in [0, 0.05) is 12.1 Å². The van der Waals surface area contributed by atoms with Crippen LogP contribution in [-0.4, -0.2) is 17.6 Å². The summed E-state index contributed by atoms with van der Waals surface area (Å²) in [5, 5.41) is 0. The predicted octanol–water partition coefficient (Wildman–Crippen LogP) is 1.34. The van der Waals surface area contributed by atoms with E-state index in [0.29, 0.717) is 24.3 Å². The highest BCUT2D eigenvalue weighted by Gasteiger charge is 2.26. The Morgan fingerprint density at radius 3 is 2.93 bits per heavy atom. The third-order valence-electron chi connectivity index (χ3n) is 2.44. The number of halogens is 1. The van der Waals surface area contributed by atoms with Gasteiger partial charge in [-0.1, -0.05) is 0 Å². The molecule has 0 atom stereocenters. The molecule has 0 aliphatic heterocycles. The number of ether oxygens (including phenoxy) is 1. The van der Waals surface area contributed by atoms with E-state index in [0.717, 1.165) is 19.0 Å². The first-order valence-electron chi connectivity index (χ1n) is 4.73. The van der Waals surface area contributed by atoms with Crippen molar-refractivity contribution in [2.75, 3.05) is 6.61 Å². The van der Waals surface area contributed by atoms with E-state index in [9.17, 15) is 4.39 Å². The van der Waals surface area contributed by atoms with E-state index in [1.165, 1.54) is 12.3 Å². The molecule has 76 valence electrons. The van der Waals surface area contributed by atoms with Crippen molar-refractivity contribution in [2.24, 2.45) is 11.7 Å². The molecule has 0 bridgehead atoms. The van der Waals surface area contributed by atoms with Gasteiger partial charge in [0.2, 0.25) is 0 Å². The fourth-order valence-corrected chi connectivity index (χ4v) is 1.61. The van der Waals surface area contributed by atoms with Crippen molar-refractivity contribution in [1.82, 2.24) is 4.98 Å². The second-order valence-corrected chi connectivity index (χ2v) is 3.75. The number of nitrogens with two attached hydrogens (primary N) is 1. The number of rotatable bonds is 3. The summed E-state index contributed by atoms with van der Waals surface area (Å²) < 4.78 is 18.1. The van der Waals surface area contributed by atoms with Crippen molar-refractivity contribution in [3.63, 3.8) is 0 Å². The van der Waals surface area contributed by atoms with Gasteiger partial charge < -0.3 is 10.5 Å². The molecule has 1 fully saturated rings. The molecule has 3 nitrogen and oxygen atoms in total. The van der Waals surface area contributed by atoms with E-state index in [1.807, 2.05) is 0 Å². The maximum absolute atomic E-state index is 12.7. The molecule has 0 amide bonds. The Balaban J connectivity index is 1.80. The van der Waals surface area contributed by atoms with Crippen LogP contribution in [0.15, 0.2) is 18.5 Å². The summed E-state index contributed by atoms with van der Waals surface area (Å²) in [4.78, 5) is 3.70. The van der Waals surface area contributed by atoms with Crippen LogP contribution in [0.25, 0.3) is 0 Å². The summed E-state index contributed by atoms with van der Waals surface area (Å²) in [7, 11) is 0. The number of hydrogen-bond donors (Lipinski definition) is 1. The lowest BCUT2D eigenvalue weighted by molar-refractivity contribution is 0.159. The Morgan fingerprint density at radius 1 is 1.50 bits per heavy atom. The smallest absolute Gasteiger partial charge is 0.145 e. The highest BCUT2D eigenvalue weighted by Crippen LogP contribution is 2.26. The Bertz CT molecular complexity index is 313. The fourth-order valence-electron chi connectivity index (χ4n) is 1.61. The summed E-state index contributed by atoms with van der Waals surface area (Å²) in [6.45, 7) is 0.610. The quantitative estimate of drug-likeness (QED) is 0.793. The van der Waals surface area contributed by atoms with Crippen LogP contribution in [0.1, 0.15) is 12.8 Å². The first-order chi connectivity index (χ1) is 6.74. The minimum atomic E-state index is -0.368. The van der Waals surface area contributed by atoms with Gasteiger partial charge in [-0.15, -0.1) is 0 Å². The second kappa shape index (κ2) is 3.92. The zero-order valence-corrected chi connectivity index (χ0v) is 7.82. The molecule has 1 aromatic heterocycles. The van der Waals surface area contributed by atoms with Crippen molar-refractivity contribution in [3.05, 3.63) is 24.3 Å². The van der Waals surface area contributed by atoms with Crippen LogP contribution in [0.3, 0.4) is 0 Å². The van der Waals surface area contributed by atoms with Gasteiger partial charge in [-0.25, -0.2) is 4.39 Å². The van der Waals surface area contributed by atoms with Gasteiger partial charge in [0.05, 0.1) is 19.0 Å². The summed E-state index contributed by atoms with van der Waals surface area (Å²) in [6.07, 6.45) is 4.68. The standard InChI is InChI=1S/C10H13FN2O/c11-8-3-10(5-13-4-8)14-6-7-1-9(12)2-7/h3-5,7,9H,1-2,6,12H2. The number of nitrogens with zero attached hydrogens (tertiary/aromatic N) is 1. The van der Waals surface area contributed by atoms with Crippen molar-refractivity contribution in [1.29, 1.82) is 0 Å². The predicted molar refractivity (Wildman–Crippen MR) is 50.4 cm³/mol. The highest BCUT2D eigenvalue weighted by atomic mass is 19.1. The molecule has 1 aliphatic carbocycles. The minimum absolute atomic E-state index is 0.328. The van der Waals surface area contributed by atoms with Gasteiger partial charge in [0.1, 0.15) is 11.6 Å². The molecule has 0 unspecified atom stereocenters. The summed E-state index contributed by atoms with van der Waals surface area (Å²) >= 11 is 0. The molecule has 4 heteroatoms. The number of pyridine rings is 1. The monoisotopic (exact) mass is 196 g/mol. The third-order valence-corrected chi connectivity index (χ3v) is 2.44. The normalized spacial score (nSPS) is 25.6. The van der Waals surface area contributed by atoms with Gasteiger partial charge in [-0.05, 0) is 18.8 Å². The zero-order chi connectivity index (χ0) is 9.97. The summed E-state index contributed by atoms with van der Waals surface area (Å²) in [5.41, 5.74) is 5.63. The molecule has 0 radical (unpaired) electrons. The highest BCUT2D eigenvalue weighted by molar-refractivity contribution is 5.16. The lowest BCUT2D eigenvalue weighted by Crippen LogP contribution is -2.39. The number of aromatic nitrogens is 1. The fraction of sp³-hybridized carbons (Fsp3) is 0.500. The van der Waals surface area contributed by atoms with Crippen LogP contribution in [-0.2, 0) is 0 Å². The Morgan fingerprint density at radius 2 is 2.29 bits per heavy atom. The van der Waals surface area contributed by atoms with Crippen LogP contribution >= 0.6 is 0 Å². The largest absolute Gasteiger partial charge is 0.492 e. The molecule has 14 heavy (non-hydrogen) atoms. The summed E-state index contributed by atoms with van der Waals surface area (Å²) in [6, 6.07) is 1.67. The Kier molecular flexibility index (Phi) is 2.63. The molecule has 1 heterocycles. The van der Waals surface area contributed by atoms with E-state index in [1.54, 1.807) is 0 Å². The van der Waals surface area contributed by atoms with Crippen molar-refractivity contribution in [3.8, 4) is 5.75 Å². The molecule has 0 aromatic carbocycles. The van der Waals surface area contributed by atoms with E-state index in [4.69, 9.17) is 10.5 Å². The summed E-state index contributed by atoms with van der Waals surface area (Å²) in [5.74, 6) is 0.645. The molecule has 1 aromatic rings. The SMILES string of the molecule is NC1CC(COc2cncc(F)c2)C1. The van der Waals surface area contributed by atoms with Crippen molar-refractivity contribution in [2.45, 2.75) is 18.9 Å². The molecular formula is C10H13FN2O. The zero-order valence-electron chi connectivity index (χ0n) is 7.82. The Labute approximate surface area is 82.1 Å². The second-order valence-electron chi connectivity index (χ2n) is 3.75.